The van der Waals surface area contributed by atoms with Gasteiger partial charge in [-0.2, -0.15) is 0 Å². The van der Waals surface area contributed by atoms with Crippen molar-refractivity contribution in [1.29, 1.82) is 0 Å². The molecule has 3 rings (SSSR count). The van der Waals surface area contributed by atoms with Crippen LogP contribution in [0.5, 0.6) is 0 Å². The molecule has 1 aromatic carbocycles. The van der Waals surface area contributed by atoms with Gasteiger partial charge in [-0.1, -0.05) is 23.2 Å². The first kappa shape index (κ1) is 14.0. The summed E-state index contributed by atoms with van der Waals surface area (Å²) < 4.78 is 0. The molecular formula is C14H17Cl2N3O. The molecule has 2 amide bonds. The number of carbonyl (C=O) groups is 1. The molecule has 3 atom stereocenters. The van der Waals surface area contributed by atoms with Gasteiger partial charge in [-0.15, -0.1) is 0 Å². The number of nitrogens with zero attached hydrogens (tertiary/aromatic N) is 1. The third-order valence-corrected chi connectivity index (χ3v) is 4.92. The maximum atomic E-state index is 12.5. The minimum atomic E-state index is -0.0629. The zero-order chi connectivity index (χ0) is 14.3. The molecule has 6 heteroatoms. The topological polar surface area (TPSA) is 44.4 Å². The Balaban J connectivity index is 1.74. The van der Waals surface area contributed by atoms with Gasteiger partial charge in [0.2, 0.25) is 0 Å². The lowest BCUT2D eigenvalue weighted by Gasteiger charge is -2.27. The third-order valence-electron chi connectivity index (χ3n) is 4.19. The van der Waals surface area contributed by atoms with Gasteiger partial charge in [0.25, 0.3) is 0 Å². The van der Waals surface area contributed by atoms with Crippen LogP contribution in [0.1, 0.15) is 13.3 Å². The van der Waals surface area contributed by atoms with Crippen LogP contribution in [-0.4, -0.2) is 36.1 Å². The van der Waals surface area contributed by atoms with E-state index >= 15 is 0 Å². The van der Waals surface area contributed by atoms with E-state index in [0.29, 0.717) is 27.7 Å². The number of amides is 2. The summed E-state index contributed by atoms with van der Waals surface area (Å²) in [5, 5.41) is 7.19. The van der Waals surface area contributed by atoms with E-state index in [0.717, 1.165) is 19.5 Å². The van der Waals surface area contributed by atoms with E-state index in [9.17, 15) is 4.79 Å². The Morgan fingerprint density at radius 2 is 2.15 bits per heavy atom. The quantitative estimate of drug-likeness (QED) is 0.836. The Hall–Kier alpha value is -0.970. The molecule has 3 unspecified atom stereocenters. The number of fused-ring (bicyclic) bond motifs is 1. The highest BCUT2D eigenvalue weighted by atomic mass is 35.5. The van der Waals surface area contributed by atoms with Gasteiger partial charge in [0.15, 0.2) is 0 Å². The highest BCUT2D eigenvalue weighted by molar-refractivity contribution is 6.42. The first-order valence-electron chi connectivity index (χ1n) is 6.81. The molecule has 2 heterocycles. The summed E-state index contributed by atoms with van der Waals surface area (Å²) in [5.41, 5.74) is 0.672. The van der Waals surface area contributed by atoms with E-state index < -0.39 is 0 Å². The molecule has 2 aliphatic heterocycles. The van der Waals surface area contributed by atoms with Crippen molar-refractivity contribution in [2.45, 2.75) is 25.4 Å². The number of nitrogens with one attached hydrogen (secondary N) is 2. The number of halogens is 2. The number of hydrogen-bond acceptors (Lipinski definition) is 2. The number of likely N-dealkylation sites (tertiary alicyclic amines) is 1. The Bertz CT molecular complexity index is 537. The van der Waals surface area contributed by atoms with Gasteiger partial charge in [-0.05, 0) is 37.5 Å². The predicted octanol–water partition coefficient (Wildman–Crippen LogP) is 3.21. The predicted molar refractivity (Wildman–Crippen MR) is 81.5 cm³/mol. The first-order valence-corrected chi connectivity index (χ1v) is 7.57. The molecule has 2 saturated heterocycles. The molecule has 108 valence electrons. The van der Waals surface area contributed by atoms with E-state index in [1.165, 1.54) is 0 Å². The van der Waals surface area contributed by atoms with Gasteiger partial charge in [-0.3, -0.25) is 0 Å². The van der Waals surface area contributed by atoms with Gasteiger partial charge in [0, 0.05) is 24.8 Å². The lowest BCUT2D eigenvalue weighted by Crippen LogP contribution is -2.45. The number of carbonyl (C=O) groups excluding carboxylic acids is 1. The molecule has 2 fully saturated rings. The largest absolute Gasteiger partial charge is 0.322 e. The number of benzene rings is 1. The van der Waals surface area contributed by atoms with Gasteiger partial charge in [0.05, 0.1) is 16.1 Å². The van der Waals surface area contributed by atoms with Crippen molar-refractivity contribution in [3.8, 4) is 0 Å². The number of rotatable bonds is 1. The number of urea groups is 1. The highest BCUT2D eigenvalue weighted by Gasteiger charge is 2.44. The fraction of sp³-hybridized carbons (Fsp3) is 0.500. The molecule has 0 spiro atoms. The summed E-state index contributed by atoms with van der Waals surface area (Å²) in [6.07, 6.45) is 1.06. The van der Waals surface area contributed by atoms with Crippen molar-refractivity contribution >= 4 is 34.9 Å². The second-order valence-electron chi connectivity index (χ2n) is 5.54. The summed E-state index contributed by atoms with van der Waals surface area (Å²) in [5.74, 6) is 0.574. The maximum absolute atomic E-state index is 12.5. The van der Waals surface area contributed by atoms with Crippen LogP contribution in [0.25, 0.3) is 0 Å². The van der Waals surface area contributed by atoms with E-state index in [-0.39, 0.29) is 12.1 Å². The van der Waals surface area contributed by atoms with Crippen LogP contribution in [-0.2, 0) is 0 Å². The van der Waals surface area contributed by atoms with Crippen LogP contribution >= 0.6 is 23.2 Å². The lowest BCUT2D eigenvalue weighted by molar-refractivity contribution is 0.190. The minimum Gasteiger partial charge on any atom is -0.317 e. The third kappa shape index (κ3) is 2.48. The molecule has 0 bridgehead atoms. The Morgan fingerprint density at radius 3 is 2.90 bits per heavy atom. The van der Waals surface area contributed by atoms with Gasteiger partial charge in [-0.25, -0.2) is 4.79 Å². The fourth-order valence-corrected chi connectivity index (χ4v) is 3.57. The van der Waals surface area contributed by atoms with Crippen molar-refractivity contribution in [3.63, 3.8) is 0 Å². The Morgan fingerprint density at radius 1 is 1.35 bits per heavy atom. The van der Waals surface area contributed by atoms with Crippen LogP contribution in [0.2, 0.25) is 10.0 Å². The Labute approximate surface area is 128 Å². The molecule has 20 heavy (non-hydrogen) atoms. The summed E-state index contributed by atoms with van der Waals surface area (Å²) >= 11 is 11.8. The SMILES string of the molecule is CC1CC2CNCC2N1C(=O)Nc1ccc(Cl)c(Cl)c1. The van der Waals surface area contributed by atoms with Gasteiger partial charge < -0.3 is 15.5 Å². The van der Waals surface area contributed by atoms with Crippen molar-refractivity contribution in [2.24, 2.45) is 5.92 Å². The van der Waals surface area contributed by atoms with E-state index in [1.807, 2.05) is 4.90 Å². The fourth-order valence-electron chi connectivity index (χ4n) is 3.28. The molecule has 1 aromatic rings. The zero-order valence-corrected chi connectivity index (χ0v) is 12.7. The first-order chi connectivity index (χ1) is 9.56. The minimum absolute atomic E-state index is 0.0629. The summed E-state index contributed by atoms with van der Waals surface area (Å²) in [7, 11) is 0. The Kier molecular flexibility index (Phi) is 3.80. The van der Waals surface area contributed by atoms with Crippen LogP contribution in [0.15, 0.2) is 18.2 Å². The van der Waals surface area contributed by atoms with E-state index in [4.69, 9.17) is 23.2 Å². The monoisotopic (exact) mass is 313 g/mol. The van der Waals surface area contributed by atoms with Crippen molar-refractivity contribution in [3.05, 3.63) is 28.2 Å². The molecule has 0 radical (unpaired) electrons. The maximum Gasteiger partial charge on any atom is 0.322 e. The average Bonchev–Trinajstić information content (AvgIpc) is 2.93. The average molecular weight is 314 g/mol. The molecule has 0 aromatic heterocycles. The van der Waals surface area contributed by atoms with E-state index in [2.05, 4.69) is 17.6 Å². The molecule has 2 aliphatic rings. The summed E-state index contributed by atoms with van der Waals surface area (Å²) in [4.78, 5) is 14.4. The standard InChI is InChI=1S/C14H17Cl2N3O/c1-8-4-9-6-17-7-13(9)19(8)14(20)18-10-2-3-11(15)12(16)5-10/h2-3,5,8-9,13,17H,4,6-7H2,1H3,(H,18,20). The summed E-state index contributed by atoms with van der Waals surface area (Å²) in [6, 6.07) is 5.63. The van der Waals surface area contributed by atoms with Crippen LogP contribution in [0.4, 0.5) is 10.5 Å². The molecular weight excluding hydrogens is 297 g/mol. The van der Waals surface area contributed by atoms with Crippen LogP contribution in [0, 0.1) is 5.92 Å². The molecule has 0 saturated carbocycles. The molecule has 0 aliphatic carbocycles. The number of hydrogen-bond donors (Lipinski definition) is 2. The zero-order valence-electron chi connectivity index (χ0n) is 11.2. The van der Waals surface area contributed by atoms with Crippen molar-refractivity contribution in [2.75, 3.05) is 18.4 Å². The van der Waals surface area contributed by atoms with Crippen molar-refractivity contribution in [1.82, 2.24) is 10.2 Å². The molecule has 2 N–H and O–H groups in total. The second-order valence-corrected chi connectivity index (χ2v) is 6.35. The van der Waals surface area contributed by atoms with Gasteiger partial charge >= 0.3 is 6.03 Å². The smallest absolute Gasteiger partial charge is 0.317 e. The van der Waals surface area contributed by atoms with Gasteiger partial charge in [0.1, 0.15) is 0 Å². The highest BCUT2D eigenvalue weighted by Crippen LogP contribution is 2.33. The normalized spacial score (nSPS) is 28.6. The number of anilines is 1. The van der Waals surface area contributed by atoms with Crippen molar-refractivity contribution < 1.29 is 4.79 Å². The van der Waals surface area contributed by atoms with E-state index in [1.54, 1.807) is 18.2 Å². The van der Waals surface area contributed by atoms with Crippen LogP contribution in [0.3, 0.4) is 0 Å². The lowest BCUT2D eigenvalue weighted by atomic mass is 10.0. The molecule has 4 nitrogen and oxygen atoms in total. The van der Waals surface area contributed by atoms with Crippen LogP contribution < -0.4 is 10.6 Å². The summed E-state index contributed by atoms with van der Waals surface area (Å²) in [6.45, 7) is 3.99. The second kappa shape index (κ2) is 5.43.